The van der Waals surface area contributed by atoms with E-state index in [4.69, 9.17) is 9.47 Å². The molecule has 1 aromatic carbocycles. The predicted octanol–water partition coefficient (Wildman–Crippen LogP) is 2.01. The molecule has 0 aliphatic carbocycles. The van der Waals surface area contributed by atoms with Crippen molar-refractivity contribution in [1.82, 2.24) is 14.8 Å². The Morgan fingerprint density at radius 3 is 1.81 bits per heavy atom. The number of hydrogen-bond acceptors (Lipinski definition) is 5. The number of piperazine rings is 1. The molecule has 0 bridgehead atoms. The van der Waals surface area contributed by atoms with E-state index in [1.165, 1.54) is 0 Å². The van der Waals surface area contributed by atoms with Gasteiger partial charge in [-0.3, -0.25) is 14.6 Å². The number of carbonyl (C=O) groups excluding carboxylic acids is 2. The van der Waals surface area contributed by atoms with E-state index in [2.05, 4.69) is 4.98 Å². The number of aromatic nitrogens is 1. The van der Waals surface area contributed by atoms with E-state index in [1.807, 2.05) is 13.0 Å². The maximum Gasteiger partial charge on any atom is 0.255 e. The largest absolute Gasteiger partial charge is 0.497 e. The molecule has 2 aromatic rings. The van der Waals surface area contributed by atoms with Gasteiger partial charge in [-0.2, -0.15) is 0 Å². The minimum Gasteiger partial charge on any atom is -0.497 e. The number of pyridine rings is 1. The minimum absolute atomic E-state index is 0.0577. The van der Waals surface area contributed by atoms with Crippen molar-refractivity contribution >= 4 is 11.8 Å². The molecule has 27 heavy (non-hydrogen) atoms. The fourth-order valence-electron chi connectivity index (χ4n) is 3.00. The molecule has 0 unspecified atom stereocenters. The zero-order chi connectivity index (χ0) is 19.4. The number of rotatable bonds is 4. The summed E-state index contributed by atoms with van der Waals surface area (Å²) in [6.45, 7) is 3.80. The molecule has 0 spiro atoms. The quantitative estimate of drug-likeness (QED) is 0.824. The number of benzene rings is 1. The van der Waals surface area contributed by atoms with Crippen LogP contribution in [0.1, 0.15) is 26.4 Å². The first-order valence-electron chi connectivity index (χ1n) is 8.76. The van der Waals surface area contributed by atoms with Gasteiger partial charge in [0.2, 0.25) is 0 Å². The van der Waals surface area contributed by atoms with E-state index in [0.717, 1.165) is 5.69 Å². The second-order valence-electron chi connectivity index (χ2n) is 6.37. The summed E-state index contributed by atoms with van der Waals surface area (Å²) in [5.41, 5.74) is 1.95. The number of carbonyl (C=O) groups is 2. The van der Waals surface area contributed by atoms with E-state index in [9.17, 15) is 9.59 Å². The van der Waals surface area contributed by atoms with Crippen LogP contribution in [0.3, 0.4) is 0 Å². The Kier molecular flexibility index (Phi) is 5.59. The highest BCUT2D eigenvalue weighted by Gasteiger charge is 2.26. The van der Waals surface area contributed by atoms with Crippen molar-refractivity contribution in [1.29, 1.82) is 0 Å². The molecule has 1 aliphatic rings. The molecule has 1 aliphatic heterocycles. The SMILES string of the molecule is COc1cc(OC)cc(C(=O)N2CCN(C(=O)c3ccc(C)nc3)CC2)c1. The van der Waals surface area contributed by atoms with Gasteiger partial charge < -0.3 is 19.3 Å². The minimum atomic E-state index is -0.101. The van der Waals surface area contributed by atoms with E-state index in [0.29, 0.717) is 48.8 Å². The molecule has 2 heterocycles. The van der Waals surface area contributed by atoms with Crippen LogP contribution < -0.4 is 9.47 Å². The molecule has 7 nitrogen and oxygen atoms in total. The van der Waals surface area contributed by atoms with Crippen molar-refractivity contribution < 1.29 is 19.1 Å². The first-order valence-corrected chi connectivity index (χ1v) is 8.76. The van der Waals surface area contributed by atoms with Crippen LogP contribution in [0.25, 0.3) is 0 Å². The van der Waals surface area contributed by atoms with Gasteiger partial charge in [0.25, 0.3) is 11.8 Å². The van der Waals surface area contributed by atoms with E-state index >= 15 is 0 Å². The zero-order valence-electron chi connectivity index (χ0n) is 15.8. The normalized spacial score (nSPS) is 14.0. The maximum absolute atomic E-state index is 12.8. The topological polar surface area (TPSA) is 72.0 Å². The molecule has 7 heteroatoms. The lowest BCUT2D eigenvalue weighted by atomic mass is 10.1. The third-order valence-electron chi connectivity index (χ3n) is 4.61. The van der Waals surface area contributed by atoms with Gasteiger partial charge in [-0.05, 0) is 31.2 Å². The Bertz CT molecular complexity index is 805. The Labute approximate surface area is 158 Å². The average molecular weight is 369 g/mol. The van der Waals surface area contributed by atoms with Gasteiger partial charge in [0.05, 0.1) is 19.8 Å². The average Bonchev–Trinajstić information content (AvgIpc) is 2.73. The summed E-state index contributed by atoms with van der Waals surface area (Å²) in [4.78, 5) is 33.1. The van der Waals surface area contributed by atoms with Crippen LogP contribution in [0.2, 0.25) is 0 Å². The molecule has 1 fully saturated rings. The van der Waals surface area contributed by atoms with Gasteiger partial charge in [-0.25, -0.2) is 0 Å². The number of amides is 2. The van der Waals surface area contributed by atoms with Crippen molar-refractivity contribution in [3.63, 3.8) is 0 Å². The third-order valence-corrected chi connectivity index (χ3v) is 4.61. The summed E-state index contributed by atoms with van der Waals surface area (Å²) in [6.07, 6.45) is 1.59. The summed E-state index contributed by atoms with van der Waals surface area (Å²) in [6, 6.07) is 8.72. The summed E-state index contributed by atoms with van der Waals surface area (Å²) in [7, 11) is 3.10. The number of ether oxygens (including phenoxy) is 2. The van der Waals surface area contributed by atoms with Crippen molar-refractivity contribution in [2.45, 2.75) is 6.92 Å². The molecule has 142 valence electrons. The second-order valence-corrected chi connectivity index (χ2v) is 6.37. The van der Waals surface area contributed by atoms with Crippen LogP contribution in [0, 0.1) is 6.92 Å². The van der Waals surface area contributed by atoms with Gasteiger partial charge in [0.1, 0.15) is 11.5 Å². The summed E-state index contributed by atoms with van der Waals surface area (Å²) >= 11 is 0. The lowest BCUT2D eigenvalue weighted by Gasteiger charge is -2.35. The van der Waals surface area contributed by atoms with Crippen LogP contribution in [-0.2, 0) is 0 Å². The number of methoxy groups -OCH3 is 2. The lowest BCUT2D eigenvalue weighted by Crippen LogP contribution is -2.50. The summed E-state index contributed by atoms with van der Waals surface area (Å²) in [5, 5.41) is 0. The Morgan fingerprint density at radius 1 is 0.852 bits per heavy atom. The Hall–Kier alpha value is -3.09. The molecular formula is C20H23N3O4. The molecule has 1 saturated heterocycles. The van der Waals surface area contributed by atoms with Crippen LogP contribution in [0.4, 0.5) is 0 Å². The second kappa shape index (κ2) is 8.07. The molecule has 0 N–H and O–H groups in total. The monoisotopic (exact) mass is 369 g/mol. The molecule has 0 saturated carbocycles. The van der Waals surface area contributed by atoms with Crippen LogP contribution >= 0.6 is 0 Å². The smallest absolute Gasteiger partial charge is 0.255 e. The van der Waals surface area contributed by atoms with Gasteiger partial charge in [0.15, 0.2) is 0 Å². The molecular weight excluding hydrogens is 346 g/mol. The van der Waals surface area contributed by atoms with Crippen LogP contribution in [-0.4, -0.2) is 67.0 Å². The fourth-order valence-corrected chi connectivity index (χ4v) is 3.00. The van der Waals surface area contributed by atoms with Gasteiger partial charge >= 0.3 is 0 Å². The predicted molar refractivity (Wildman–Crippen MR) is 100 cm³/mol. The van der Waals surface area contributed by atoms with Crippen molar-refractivity contribution in [3.05, 3.63) is 53.3 Å². The van der Waals surface area contributed by atoms with Gasteiger partial charge in [0, 0.05) is 49.7 Å². The zero-order valence-corrected chi connectivity index (χ0v) is 15.8. The van der Waals surface area contributed by atoms with Crippen LogP contribution in [0.5, 0.6) is 11.5 Å². The number of hydrogen-bond donors (Lipinski definition) is 0. The maximum atomic E-state index is 12.8. The molecule has 0 atom stereocenters. The number of aryl methyl sites for hydroxylation is 1. The number of nitrogens with zero attached hydrogens (tertiary/aromatic N) is 3. The highest BCUT2D eigenvalue weighted by molar-refractivity contribution is 5.96. The molecule has 1 aromatic heterocycles. The van der Waals surface area contributed by atoms with Crippen molar-refractivity contribution in [2.75, 3.05) is 40.4 Å². The summed E-state index contributed by atoms with van der Waals surface area (Å²) in [5.74, 6) is 0.978. The van der Waals surface area contributed by atoms with Gasteiger partial charge in [-0.15, -0.1) is 0 Å². The first kappa shape index (κ1) is 18.7. The van der Waals surface area contributed by atoms with Crippen molar-refractivity contribution in [2.24, 2.45) is 0 Å². The van der Waals surface area contributed by atoms with Crippen LogP contribution in [0.15, 0.2) is 36.5 Å². The lowest BCUT2D eigenvalue weighted by molar-refractivity contribution is 0.0535. The highest BCUT2D eigenvalue weighted by Crippen LogP contribution is 2.24. The van der Waals surface area contributed by atoms with E-state index in [-0.39, 0.29) is 11.8 Å². The Balaban J connectivity index is 1.66. The van der Waals surface area contributed by atoms with Gasteiger partial charge in [-0.1, -0.05) is 0 Å². The molecule has 0 radical (unpaired) electrons. The van der Waals surface area contributed by atoms with E-state index < -0.39 is 0 Å². The summed E-state index contributed by atoms with van der Waals surface area (Å²) < 4.78 is 10.5. The Morgan fingerprint density at radius 2 is 1.37 bits per heavy atom. The highest BCUT2D eigenvalue weighted by atomic mass is 16.5. The third kappa shape index (κ3) is 4.19. The van der Waals surface area contributed by atoms with Crippen molar-refractivity contribution in [3.8, 4) is 11.5 Å². The standard InChI is InChI=1S/C20H23N3O4/c1-14-4-5-15(13-21-14)19(24)22-6-8-23(9-7-22)20(25)16-10-17(26-2)12-18(11-16)27-3/h4-5,10-13H,6-9H2,1-3H3. The van der Waals surface area contributed by atoms with E-state index in [1.54, 1.807) is 54.5 Å². The molecule has 2 amide bonds. The first-order chi connectivity index (χ1) is 13.0. The fraction of sp³-hybridized carbons (Fsp3) is 0.350. The molecule has 3 rings (SSSR count).